The third-order valence-electron chi connectivity index (χ3n) is 6.16. The third-order valence-corrected chi connectivity index (χ3v) is 6.16. The summed E-state index contributed by atoms with van der Waals surface area (Å²) in [6.45, 7) is 0.357. The van der Waals surface area contributed by atoms with Crippen molar-refractivity contribution < 1.29 is 23.1 Å². The summed E-state index contributed by atoms with van der Waals surface area (Å²) in [5.74, 6) is 0.498. The quantitative estimate of drug-likeness (QED) is 0.417. The summed E-state index contributed by atoms with van der Waals surface area (Å²) < 4.78 is 30.2. The molecule has 2 heterocycles. The van der Waals surface area contributed by atoms with Gasteiger partial charge >= 0.3 is 0 Å². The number of fused-ring (bicyclic) bond motifs is 2. The lowest BCUT2D eigenvalue weighted by atomic mass is 9.98. The van der Waals surface area contributed by atoms with E-state index in [0.717, 1.165) is 22.9 Å². The molecule has 0 bridgehead atoms. The first-order valence-electron chi connectivity index (χ1n) is 10.8. The lowest BCUT2D eigenvalue weighted by Gasteiger charge is -2.25. The van der Waals surface area contributed by atoms with Crippen molar-refractivity contribution in [3.63, 3.8) is 0 Å². The lowest BCUT2D eigenvalue weighted by molar-refractivity contribution is 0.0730. The predicted molar refractivity (Wildman–Crippen MR) is 125 cm³/mol. The number of halogens is 1. The molecule has 0 spiro atoms. The standard InChI is InChI=1S/C27H22FNO5/c1-32-19-8-3-16(4-9-19)13-14-29-24(17-5-10-20(33-2)11-6-17)23-25(30)21-15-18(28)7-12-22(21)34-26(23)27(29)31/h3-12,15,24H,13-14H2,1-2H3/t24-/m0/s1. The van der Waals surface area contributed by atoms with Gasteiger partial charge in [0.1, 0.15) is 22.9 Å². The Morgan fingerprint density at radius 1 is 0.912 bits per heavy atom. The molecule has 0 radical (unpaired) electrons. The molecule has 4 aromatic rings. The van der Waals surface area contributed by atoms with E-state index in [1.54, 1.807) is 31.3 Å². The Bertz CT molecular complexity index is 1430. The van der Waals surface area contributed by atoms with Gasteiger partial charge in [-0.25, -0.2) is 4.39 Å². The van der Waals surface area contributed by atoms with Gasteiger partial charge in [0.15, 0.2) is 5.43 Å². The SMILES string of the molecule is COc1ccc(CCN2C(=O)c3oc4ccc(F)cc4c(=O)c3[C@@H]2c2ccc(OC)cc2)cc1. The van der Waals surface area contributed by atoms with Crippen molar-refractivity contribution in [3.05, 3.63) is 105 Å². The van der Waals surface area contributed by atoms with Gasteiger partial charge in [0.05, 0.1) is 31.2 Å². The molecule has 5 rings (SSSR count). The second-order valence-electron chi connectivity index (χ2n) is 8.09. The number of hydrogen-bond donors (Lipinski definition) is 0. The number of amides is 1. The van der Waals surface area contributed by atoms with Crippen LogP contribution in [0.25, 0.3) is 11.0 Å². The fourth-order valence-electron chi connectivity index (χ4n) is 4.40. The number of hydrogen-bond acceptors (Lipinski definition) is 5. The molecule has 6 nitrogen and oxygen atoms in total. The number of ether oxygens (including phenoxy) is 2. The van der Waals surface area contributed by atoms with Gasteiger partial charge in [-0.1, -0.05) is 24.3 Å². The molecule has 34 heavy (non-hydrogen) atoms. The summed E-state index contributed by atoms with van der Waals surface area (Å²) in [5.41, 5.74) is 1.76. The Morgan fingerprint density at radius 3 is 2.21 bits per heavy atom. The molecule has 0 fully saturated rings. The summed E-state index contributed by atoms with van der Waals surface area (Å²) in [6.07, 6.45) is 0.568. The molecular weight excluding hydrogens is 437 g/mol. The van der Waals surface area contributed by atoms with Crippen molar-refractivity contribution in [2.75, 3.05) is 20.8 Å². The van der Waals surface area contributed by atoms with E-state index in [9.17, 15) is 14.0 Å². The van der Waals surface area contributed by atoms with Crippen molar-refractivity contribution in [1.29, 1.82) is 0 Å². The first-order valence-corrected chi connectivity index (χ1v) is 10.8. The smallest absolute Gasteiger partial charge is 0.290 e. The monoisotopic (exact) mass is 459 g/mol. The molecule has 0 saturated heterocycles. The van der Waals surface area contributed by atoms with E-state index in [1.165, 1.54) is 12.1 Å². The first-order chi connectivity index (χ1) is 16.5. The number of benzene rings is 3. The molecule has 1 amide bonds. The highest BCUT2D eigenvalue weighted by molar-refractivity contribution is 5.99. The molecule has 1 aliphatic heterocycles. The topological polar surface area (TPSA) is 69.0 Å². The van der Waals surface area contributed by atoms with Crippen LogP contribution in [-0.4, -0.2) is 31.6 Å². The van der Waals surface area contributed by atoms with E-state index in [2.05, 4.69) is 0 Å². The van der Waals surface area contributed by atoms with Crippen LogP contribution in [-0.2, 0) is 6.42 Å². The van der Waals surface area contributed by atoms with E-state index in [4.69, 9.17) is 13.9 Å². The van der Waals surface area contributed by atoms with Crippen LogP contribution < -0.4 is 14.9 Å². The van der Waals surface area contributed by atoms with E-state index in [1.807, 2.05) is 36.4 Å². The molecule has 7 heteroatoms. The Hall–Kier alpha value is -4.13. The fraction of sp³-hybridized carbons (Fsp3) is 0.185. The van der Waals surface area contributed by atoms with E-state index in [-0.39, 0.29) is 28.2 Å². The minimum absolute atomic E-state index is 0.000317. The maximum absolute atomic E-state index is 13.9. The molecule has 1 aromatic heterocycles. The average molecular weight is 459 g/mol. The summed E-state index contributed by atoms with van der Waals surface area (Å²) in [6, 6.07) is 17.9. The van der Waals surface area contributed by atoms with Crippen molar-refractivity contribution in [2.45, 2.75) is 12.5 Å². The molecule has 0 unspecified atom stereocenters. The maximum Gasteiger partial charge on any atom is 0.290 e. The summed E-state index contributed by atoms with van der Waals surface area (Å²) in [5, 5.41) is 0.113. The Balaban J connectivity index is 1.59. The second kappa shape index (κ2) is 8.67. The van der Waals surface area contributed by atoms with Crippen LogP contribution >= 0.6 is 0 Å². The zero-order valence-electron chi connectivity index (χ0n) is 18.7. The van der Waals surface area contributed by atoms with Crippen molar-refractivity contribution >= 4 is 16.9 Å². The van der Waals surface area contributed by atoms with Crippen LogP contribution in [0.4, 0.5) is 4.39 Å². The molecule has 3 aromatic carbocycles. The van der Waals surface area contributed by atoms with Gasteiger partial charge in [-0.15, -0.1) is 0 Å². The summed E-state index contributed by atoms with van der Waals surface area (Å²) in [7, 11) is 3.17. The largest absolute Gasteiger partial charge is 0.497 e. The first kappa shape index (κ1) is 21.7. The van der Waals surface area contributed by atoms with Crippen LogP contribution in [0.2, 0.25) is 0 Å². The highest BCUT2D eigenvalue weighted by atomic mass is 19.1. The number of rotatable bonds is 6. The van der Waals surface area contributed by atoms with Crippen molar-refractivity contribution in [2.24, 2.45) is 0 Å². The summed E-state index contributed by atoms with van der Waals surface area (Å²) in [4.78, 5) is 28.6. The van der Waals surface area contributed by atoms with E-state index in [0.29, 0.717) is 18.7 Å². The Labute approximate surface area is 195 Å². The van der Waals surface area contributed by atoms with Crippen LogP contribution in [0.15, 0.2) is 75.9 Å². The normalized spacial score (nSPS) is 15.0. The summed E-state index contributed by atoms with van der Waals surface area (Å²) >= 11 is 0. The predicted octanol–water partition coefficient (Wildman–Crippen LogP) is 4.74. The number of nitrogens with zero attached hydrogens (tertiary/aromatic N) is 1. The molecule has 1 aliphatic rings. The maximum atomic E-state index is 13.9. The van der Waals surface area contributed by atoms with Crippen LogP contribution in [0, 0.1) is 5.82 Å². The fourth-order valence-corrected chi connectivity index (χ4v) is 4.40. The van der Waals surface area contributed by atoms with Gasteiger partial charge in [-0.2, -0.15) is 0 Å². The van der Waals surface area contributed by atoms with Crippen LogP contribution in [0.1, 0.15) is 33.3 Å². The lowest BCUT2D eigenvalue weighted by Crippen LogP contribution is -2.31. The van der Waals surface area contributed by atoms with Gasteiger partial charge in [0.2, 0.25) is 5.76 Å². The van der Waals surface area contributed by atoms with Crippen molar-refractivity contribution in [3.8, 4) is 11.5 Å². The van der Waals surface area contributed by atoms with Gasteiger partial charge in [0.25, 0.3) is 5.91 Å². The Kier molecular flexibility index (Phi) is 5.53. The molecule has 0 N–H and O–H groups in total. The second-order valence-corrected chi connectivity index (χ2v) is 8.09. The average Bonchev–Trinajstić information content (AvgIpc) is 3.15. The zero-order chi connectivity index (χ0) is 23.8. The van der Waals surface area contributed by atoms with E-state index < -0.39 is 17.3 Å². The number of carbonyl (C=O) groups excluding carboxylic acids is 1. The zero-order valence-corrected chi connectivity index (χ0v) is 18.7. The molecule has 1 atom stereocenters. The van der Waals surface area contributed by atoms with Crippen LogP contribution in [0.5, 0.6) is 11.5 Å². The molecular formula is C27H22FNO5. The highest BCUT2D eigenvalue weighted by Gasteiger charge is 2.42. The van der Waals surface area contributed by atoms with Gasteiger partial charge in [-0.05, 0) is 60.0 Å². The molecule has 0 aliphatic carbocycles. The van der Waals surface area contributed by atoms with Gasteiger partial charge < -0.3 is 18.8 Å². The number of carbonyl (C=O) groups is 1. The molecule has 0 saturated carbocycles. The van der Waals surface area contributed by atoms with Crippen molar-refractivity contribution in [1.82, 2.24) is 4.90 Å². The van der Waals surface area contributed by atoms with Crippen LogP contribution in [0.3, 0.4) is 0 Å². The highest BCUT2D eigenvalue weighted by Crippen LogP contribution is 2.38. The molecule has 172 valence electrons. The number of methoxy groups -OCH3 is 2. The minimum Gasteiger partial charge on any atom is -0.497 e. The van der Waals surface area contributed by atoms with Gasteiger partial charge in [0, 0.05) is 6.54 Å². The third kappa shape index (κ3) is 3.69. The minimum atomic E-state index is -0.657. The van der Waals surface area contributed by atoms with E-state index >= 15 is 0 Å². The van der Waals surface area contributed by atoms with Gasteiger partial charge in [-0.3, -0.25) is 9.59 Å². The Morgan fingerprint density at radius 2 is 1.56 bits per heavy atom.